The van der Waals surface area contributed by atoms with Gasteiger partial charge in [-0.25, -0.2) is 8.78 Å². The first-order valence-electron chi connectivity index (χ1n) is 6.91. The average Bonchev–Trinajstić information content (AvgIpc) is 2.51. The molecular formula is C17H15F2NO3. The molecule has 0 saturated carbocycles. The number of hydrogen-bond acceptors (Lipinski definition) is 3. The zero-order valence-corrected chi connectivity index (χ0v) is 12.6. The third-order valence-corrected chi connectivity index (χ3v) is 3.13. The standard InChI is InChI=1S/C17H15F2NO3/c1-10(21)12-5-3-6-13(9-12)23-11(2)17(22)20-16-14(18)7-4-8-15(16)19/h3-9,11H,1-2H3,(H,20,22)/t11-/m0/s1. The normalized spacial score (nSPS) is 11.7. The van der Waals surface area contributed by atoms with Gasteiger partial charge in [0.1, 0.15) is 23.1 Å². The number of carbonyl (C=O) groups is 2. The summed E-state index contributed by atoms with van der Waals surface area (Å²) < 4.78 is 32.4. The first-order chi connectivity index (χ1) is 10.9. The quantitative estimate of drug-likeness (QED) is 0.857. The molecule has 23 heavy (non-hydrogen) atoms. The molecule has 1 N–H and O–H groups in total. The topological polar surface area (TPSA) is 55.4 Å². The van der Waals surface area contributed by atoms with E-state index in [9.17, 15) is 18.4 Å². The molecule has 0 aliphatic carbocycles. The maximum absolute atomic E-state index is 13.5. The second-order valence-electron chi connectivity index (χ2n) is 4.93. The molecule has 6 heteroatoms. The zero-order chi connectivity index (χ0) is 17.0. The highest BCUT2D eigenvalue weighted by Gasteiger charge is 2.19. The van der Waals surface area contributed by atoms with Crippen LogP contribution in [0.2, 0.25) is 0 Å². The van der Waals surface area contributed by atoms with Gasteiger partial charge in [0.25, 0.3) is 5.91 Å². The molecule has 2 rings (SSSR count). The highest BCUT2D eigenvalue weighted by atomic mass is 19.1. The molecule has 0 spiro atoms. The number of benzene rings is 2. The van der Waals surface area contributed by atoms with Crippen LogP contribution in [0.5, 0.6) is 5.75 Å². The lowest BCUT2D eigenvalue weighted by atomic mass is 10.1. The summed E-state index contributed by atoms with van der Waals surface area (Å²) >= 11 is 0. The number of ether oxygens (including phenoxy) is 1. The van der Waals surface area contributed by atoms with Gasteiger partial charge in [-0.15, -0.1) is 0 Å². The van der Waals surface area contributed by atoms with E-state index in [1.54, 1.807) is 18.2 Å². The lowest BCUT2D eigenvalue weighted by Gasteiger charge is -2.15. The Morgan fingerprint density at radius 3 is 2.30 bits per heavy atom. The Bertz CT molecular complexity index is 726. The SMILES string of the molecule is CC(=O)c1cccc(O[C@@H](C)C(=O)Nc2c(F)cccc2F)c1. The molecule has 0 aliphatic heterocycles. The van der Waals surface area contributed by atoms with E-state index in [0.717, 1.165) is 12.1 Å². The van der Waals surface area contributed by atoms with E-state index in [1.807, 2.05) is 0 Å². The summed E-state index contributed by atoms with van der Waals surface area (Å²) in [5.74, 6) is -2.27. The van der Waals surface area contributed by atoms with Gasteiger partial charge in [0.15, 0.2) is 11.9 Å². The first kappa shape index (κ1) is 16.6. The van der Waals surface area contributed by atoms with Crippen molar-refractivity contribution in [3.8, 4) is 5.75 Å². The number of carbonyl (C=O) groups excluding carboxylic acids is 2. The van der Waals surface area contributed by atoms with Crippen molar-refractivity contribution < 1.29 is 23.1 Å². The van der Waals surface area contributed by atoms with E-state index in [-0.39, 0.29) is 5.78 Å². The van der Waals surface area contributed by atoms with Crippen molar-refractivity contribution in [2.45, 2.75) is 20.0 Å². The van der Waals surface area contributed by atoms with Gasteiger partial charge in [0, 0.05) is 5.56 Å². The van der Waals surface area contributed by atoms with Gasteiger partial charge in [0.05, 0.1) is 0 Å². The molecule has 0 heterocycles. The minimum Gasteiger partial charge on any atom is -0.481 e. The van der Waals surface area contributed by atoms with Gasteiger partial charge in [-0.05, 0) is 38.1 Å². The summed E-state index contributed by atoms with van der Waals surface area (Å²) in [6, 6.07) is 9.60. The molecule has 0 aliphatic rings. The molecule has 0 fully saturated rings. The Morgan fingerprint density at radius 2 is 1.70 bits per heavy atom. The zero-order valence-electron chi connectivity index (χ0n) is 12.6. The van der Waals surface area contributed by atoms with Crippen LogP contribution in [-0.4, -0.2) is 17.8 Å². The van der Waals surface area contributed by atoms with Gasteiger partial charge in [-0.2, -0.15) is 0 Å². The van der Waals surface area contributed by atoms with Crippen LogP contribution < -0.4 is 10.1 Å². The lowest BCUT2D eigenvalue weighted by molar-refractivity contribution is -0.122. The summed E-state index contributed by atoms with van der Waals surface area (Å²) in [6.45, 7) is 2.85. The van der Waals surface area contributed by atoms with Gasteiger partial charge in [-0.3, -0.25) is 9.59 Å². The van der Waals surface area contributed by atoms with Crippen LogP contribution in [-0.2, 0) is 4.79 Å². The van der Waals surface area contributed by atoms with Crippen LogP contribution in [0.25, 0.3) is 0 Å². The maximum Gasteiger partial charge on any atom is 0.265 e. The summed E-state index contributed by atoms with van der Waals surface area (Å²) in [5, 5.41) is 2.16. The average molecular weight is 319 g/mol. The van der Waals surface area contributed by atoms with Crippen molar-refractivity contribution in [2.75, 3.05) is 5.32 Å². The van der Waals surface area contributed by atoms with Crippen LogP contribution in [0.15, 0.2) is 42.5 Å². The highest BCUT2D eigenvalue weighted by molar-refractivity contribution is 5.95. The third kappa shape index (κ3) is 4.12. The van der Waals surface area contributed by atoms with Gasteiger partial charge in [0.2, 0.25) is 0 Å². The number of Topliss-reactive ketones (excluding diaryl/α,β-unsaturated/α-hetero) is 1. The predicted molar refractivity (Wildman–Crippen MR) is 81.5 cm³/mol. The number of anilines is 1. The van der Waals surface area contributed by atoms with Crippen molar-refractivity contribution in [3.05, 3.63) is 59.7 Å². The van der Waals surface area contributed by atoms with Crippen LogP contribution >= 0.6 is 0 Å². The second-order valence-corrected chi connectivity index (χ2v) is 4.93. The molecular weight excluding hydrogens is 304 g/mol. The molecule has 1 amide bonds. The van der Waals surface area contributed by atoms with E-state index in [1.165, 1.54) is 26.0 Å². The maximum atomic E-state index is 13.5. The number of para-hydroxylation sites is 1. The van der Waals surface area contributed by atoms with E-state index < -0.39 is 29.3 Å². The van der Waals surface area contributed by atoms with Crippen LogP contribution in [0.1, 0.15) is 24.2 Å². The van der Waals surface area contributed by atoms with Crippen molar-refractivity contribution in [3.63, 3.8) is 0 Å². The largest absolute Gasteiger partial charge is 0.481 e. The molecule has 4 nitrogen and oxygen atoms in total. The van der Waals surface area contributed by atoms with Crippen LogP contribution in [0.3, 0.4) is 0 Å². The third-order valence-electron chi connectivity index (χ3n) is 3.13. The molecule has 120 valence electrons. The smallest absolute Gasteiger partial charge is 0.265 e. The Kier molecular flexibility index (Phi) is 5.05. The summed E-state index contributed by atoms with van der Waals surface area (Å²) in [4.78, 5) is 23.3. The van der Waals surface area contributed by atoms with Gasteiger partial charge in [-0.1, -0.05) is 18.2 Å². The Labute approximate surface area is 132 Å². The van der Waals surface area contributed by atoms with Crippen LogP contribution in [0.4, 0.5) is 14.5 Å². The minimum atomic E-state index is -1.00. The summed E-state index contributed by atoms with van der Waals surface area (Å²) in [6.07, 6.45) is -1.00. The number of hydrogen-bond donors (Lipinski definition) is 1. The van der Waals surface area contributed by atoms with Gasteiger partial charge >= 0.3 is 0 Å². The number of ketones is 1. The Balaban J connectivity index is 2.08. The van der Waals surface area contributed by atoms with E-state index in [4.69, 9.17) is 4.74 Å². The fourth-order valence-corrected chi connectivity index (χ4v) is 1.89. The minimum absolute atomic E-state index is 0.138. The molecule has 2 aromatic rings. The molecule has 0 radical (unpaired) electrons. The van der Waals surface area contributed by atoms with Crippen LogP contribution in [0, 0.1) is 11.6 Å². The molecule has 0 saturated heterocycles. The van der Waals surface area contributed by atoms with Crippen molar-refractivity contribution in [1.29, 1.82) is 0 Å². The van der Waals surface area contributed by atoms with Crippen molar-refractivity contribution in [1.82, 2.24) is 0 Å². The number of halogens is 2. The number of amides is 1. The van der Waals surface area contributed by atoms with Crippen molar-refractivity contribution in [2.24, 2.45) is 0 Å². The molecule has 0 bridgehead atoms. The fourth-order valence-electron chi connectivity index (χ4n) is 1.89. The van der Waals surface area contributed by atoms with E-state index in [0.29, 0.717) is 11.3 Å². The predicted octanol–water partition coefficient (Wildman–Crippen LogP) is 3.57. The van der Waals surface area contributed by atoms with Crippen molar-refractivity contribution >= 4 is 17.4 Å². The molecule has 2 aromatic carbocycles. The molecule has 1 atom stereocenters. The fraction of sp³-hybridized carbons (Fsp3) is 0.176. The first-order valence-corrected chi connectivity index (χ1v) is 6.91. The highest BCUT2D eigenvalue weighted by Crippen LogP contribution is 2.20. The Hall–Kier alpha value is -2.76. The second kappa shape index (κ2) is 7.00. The number of rotatable bonds is 5. The lowest BCUT2D eigenvalue weighted by Crippen LogP contribution is -2.30. The van der Waals surface area contributed by atoms with E-state index >= 15 is 0 Å². The van der Waals surface area contributed by atoms with E-state index in [2.05, 4.69) is 5.32 Å². The summed E-state index contributed by atoms with van der Waals surface area (Å²) in [5.41, 5.74) is -0.0827. The summed E-state index contributed by atoms with van der Waals surface area (Å²) in [7, 11) is 0. The monoisotopic (exact) mass is 319 g/mol. The molecule has 0 unspecified atom stereocenters. The number of nitrogens with one attached hydrogen (secondary N) is 1. The Morgan fingerprint density at radius 1 is 1.09 bits per heavy atom. The van der Waals surface area contributed by atoms with Gasteiger partial charge < -0.3 is 10.1 Å². The molecule has 0 aromatic heterocycles.